The van der Waals surface area contributed by atoms with Crippen molar-refractivity contribution in [1.82, 2.24) is 15.1 Å². The number of hydrogen-bond donors (Lipinski definition) is 0. The van der Waals surface area contributed by atoms with E-state index in [0.29, 0.717) is 5.92 Å². The van der Waals surface area contributed by atoms with E-state index in [4.69, 9.17) is 4.42 Å². The molecule has 1 saturated carbocycles. The van der Waals surface area contributed by atoms with Gasteiger partial charge in [-0.05, 0) is 56.2 Å². The van der Waals surface area contributed by atoms with Crippen LogP contribution < -0.4 is 0 Å². The topological polar surface area (TPSA) is 42.2 Å². The molecule has 0 radical (unpaired) electrons. The first kappa shape index (κ1) is 18.7. The summed E-state index contributed by atoms with van der Waals surface area (Å²) in [5, 5.41) is 8.95. The third-order valence-corrected chi connectivity index (χ3v) is 6.67. The number of piperidine rings is 1. The van der Waals surface area contributed by atoms with Crippen LogP contribution in [0.1, 0.15) is 81.6 Å². The molecule has 1 saturated heterocycles. The van der Waals surface area contributed by atoms with Gasteiger partial charge in [0, 0.05) is 0 Å². The van der Waals surface area contributed by atoms with Gasteiger partial charge < -0.3 is 4.42 Å². The Balaban J connectivity index is 1.48. The van der Waals surface area contributed by atoms with Crippen molar-refractivity contribution in [1.29, 1.82) is 0 Å². The fourth-order valence-electron chi connectivity index (χ4n) is 4.94. The maximum atomic E-state index is 6.25. The number of benzene rings is 1. The van der Waals surface area contributed by atoms with Gasteiger partial charge in [0.25, 0.3) is 0 Å². The van der Waals surface area contributed by atoms with Crippen LogP contribution in [-0.4, -0.2) is 28.2 Å². The highest BCUT2D eigenvalue weighted by atomic mass is 16.4. The van der Waals surface area contributed by atoms with Crippen molar-refractivity contribution < 1.29 is 4.42 Å². The van der Waals surface area contributed by atoms with E-state index < -0.39 is 0 Å². The summed E-state index contributed by atoms with van der Waals surface area (Å²) in [7, 11) is 0. The molecular formula is C23H33N3O. The largest absolute Gasteiger partial charge is 0.423 e. The fourth-order valence-corrected chi connectivity index (χ4v) is 4.94. The monoisotopic (exact) mass is 367 g/mol. The number of hydrogen-bond acceptors (Lipinski definition) is 4. The minimum absolute atomic E-state index is 0.249. The third-order valence-electron chi connectivity index (χ3n) is 6.67. The van der Waals surface area contributed by atoms with Crippen LogP contribution in [0.15, 0.2) is 34.7 Å². The number of rotatable bonds is 6. The van der Waals surface area contributed by atoms with Gasteiger partial charge in [-0.2, -0.15) is 0 Å². The van der Waals surface area contributed by atoms with Gasteiger partial charge in [0.05, 0.1) is 12.5 Å². The summed E-state index contributed by atoms with van der Waals surface area (Å²) in [6.07, 6.45) is 10.4. The van der Waals surface area contributed by atoms with Gasteiger partial charge in [0.2, 0.25) is 11.8 Å². The van der Waals surface area contributed by atoms with E-state index in [0.717, 1.165) is 37.3 Å². The molecule has 1 unspecified atom stereocenters. The van der Waals surface area contributed by atoms with Crippen molar-refractivity contribution in [2.45, 2.75) is 70.8 Å². The van der Waals surface area contributed by atoms with Crippen molar-refractivity contribution in [2.24, 2.45) is 11.8 Å². The first-order chi connectivity index (χ1) is 13.3. The fraction of sp³-hybridized carbons (Fsp3) is 0.652. The maximum Gasteiger partial charge on any atom is 0.230 e. The summed E-state index contributed by atoms with van der Waals surface area (Å²) in [6, 6.07) is 10.8. The summed E-state index contributed by atoms with van der Waals surface area (Å²) < 4.78 is 6.25. The average molecular weight is 368 g/mol. The predicted octanol–water partition coefficient (Wildman–Crippen LogP) is 5.40. The summed E-state index contributed by atoms with van der Waals surface area (Å²) in [5.74, 6) is 3.38. The molecular weight excluding hydrogens is 334 g/mol. The first-order valence-corrected chi connectivity index (χ1v) is 10.9. The molecule has 4 heteroatoms. The molecule has 2 heterocycles. The minimum Gasteiger partial charge on any atom is -0.423 e. The summed E-state index contributed by atoms with van der Waals surface area (Å²) in [6.45, 7) is 5.41. The Morgan fingerprint density at radius 2 is 1.74 bits per heavy atom. The molecule has 2 aliphatic rings. The average Bonchev–Trinajstić information content (AvgIpc) is 3.18. The molecule has 0 N–H and O–H groups in total. The number of likely N-dealkylation sites (tertiary alicyclic amines) is 1. The zero-order valence-electron chi connectivity index (χ0n) is 16.6. The molecule has 0 spiro atoms. The van der Waals surface area contributed by atoms with Crippen LogP contribution in [-0.2, 0) is 6.54 Å². The zero-order valence-corrected chi connectivity index (χ0v) is 16.6. The molecule has 1 aliphatic heterocycles. The Labute approximate surface area is 163 Å². The molecule has 1 aliphatic carbocycles. The summed E-state index contributed by atoms with van der Waals surface area (Å²) >= 11 is 0. The SMILES string of the molecule is CCC1CCN(Cc2nnc(C(c3ccccc3)C3CCCCC3)o2)CC1. The molecule has 4 nitrogen and oxygen atoms in total. The molecule has 146 valence electrons. The lowest BCUT2D eigenvalue weighted by Crippen LogP contribution is -2.33. The Morgan fingerprint density at radius 1 is 1.00 bits per heavy atom. The zero-order chi connectivity index (χ0) is 18.5. The van der Waals surface area contributed by atoms with E-state index in [9.17, 15) is 0 Å². The molecule has 1 aromatic heterocycles. The normalized spacial score (nSPS) is 21.4. The molecule has 2 fully saturated rings. The number of aromatic nitrogens is 2. The second-order valence-corrected chi connectivity index (χ2v) is 8.45. The third kappa shape index (κ3) is 4.60. The first-order valence-electron chi connectivity index (χ1n) is 10.9. The Morgan fingerprint density at radius 3 is 2.44 bits per heavy atom. The van der Waals surface area contributed by atoms with Crippen LogP contribution in [0.2, 0.25) is 0 Å². The van der Waals surface area contributed by atoms with Crippen LogP contribution in [0.5, 0.6) is 0 Å². The molecule has 4 rings (SSSR count). The maximum absolute atomic E-state index is 6.25. The summed E-state index contributed by atoms with van der Waals surface area (Å²) in [5.41, 5.74) is 1.32. The Hall–Kier alpha value is -1.68. The van der Waals surface area contributed by atoms with E-state index in [1.165, 1.54) is 56.9 Å². The van der Waals surface area contributed by atoms with Gasteiger partial charge in [0.15, 0.2) is 0 Å². The minimum atomic E-state index is 0.249. The highest BCUT2D eigenvalue weighted by Gasteiger charge is 2.31. The molecule has 1 aromatic carbocycles. The van der Waals surface area contributed by atoms with E-state index in [1.807, 2.05) is 0 Å². The molecule has 1 atom stereocenters. The number of nitrogens with zero attached hydrogens (tertiary/aromatic N) is 3. The lowest BCUT2D eigenvalue weighted by molar-refractivity contribution is 0.160. The smallest absolute Gasteiger partial charge is 0.230 e. The van der Waals surface area contributed by atoms with Gasteiger partial charge >= 0.3 is 0 Å². The highest BCUT2D eigenvalue weighted by molar-refractivity contribution is 5.25. The second-order valence-electron chi connectivity index (χ2n) is 8.45. The van der Waals surface area contributed by atoms with Gasteiger partial charge in [-0.3, -0.25) is 4.90 Å². The standard InChI is InChI=1S/C23H33N3O/c1-2-18-13-15-26(16-14-18)17-21-24-25-23(27-21)22(19-9-5-3-6-10-19)20-11-7-4-8-12-20/h3,5-6,9-10,18,20,22H,2,4,7-8,11-17H2,1H3. The van der Waals surface area contributed by atoms with E-state index in [-0.39, 0.29) is 5.92 Å². The van der Waals surface area contributed by atoms with Crippen molar-refractivity contribution in [3.8, 4) is 0 Å². The lowest BCUT2D eigenvalue weighted by Gasteiger charge is -2.30. The van der Waals surface area contributed by atoms with Crippen LogP contribution in [0, 0.1) is 11.8 Å². The predicted molar refractivity (Wildman–Crippen MR) is 107 cm³/mol. The van der Waals surface area contributed by atoms with E-state index >= 15 is 0 Å². The lowest BCUT2D eigenvalue weighted by atomic mass is 9.77. The Kier molecular flexibility index (Phi) is 6.23. The molecule has 0 amide bonds. The van der Waals surface area contributed by atoms with E-state index in [2.05, 4.69) is 52.4 Å². The van der Waals surface area contributed by atoms with Crippen LogP contribution in [0.3, 0.4) is 0 Å². The quantitative estimate of drug-likeness (QED) is 0.685. The van der Waals surface area contributed by atoms with Crippen LogP contribution >= 0.6 is 0 Å². The second kappa shape index (κ2) is 9.01. The van der Waals surface area contributed by atoms with Crippen LogP contribution in [0.4, 0.5) is 0 Å². The molecule has 2 aromatic rings. The highest BCUT2D eigenvalue weighted by Crippen LogP contribution is 2.39. The van der Waals surface area contributed by atoms with Crippen molar-refractivity contribution in [3.05, 3.63) is 47.7 Å². The van der Waals surface area contributed by atoms with Gasteiger partial charge in [0.1, 0.15) is 0 Å². The van der Waals surface area contributed by atoms with Crippen LogP contribution in [0.25, 0.3) is 0 Å². The van der Waals surface area contributed by atoms with E-state index in [1.54, 1.807) is 0 Å². The van der Waals surface area contributed by atoms with Gasteiger partial charge in [-0.1, -0.05) is 62.9 Å². The molecule has 27 heavy (non-hydrogen) atoms. The van der Waals surface area contributed by atoms with Crippen molar-refractivity contribution >= 4 is 0 Å². The summed E-state index contributed by atoms with van der Waals surface area (Å²) in [4.78, 5) is 2.47. The van der Waals surface area contributed by atoms with Crippen molar-refractivity contribution in [2.75, 3.05) is 13.1 Å². The Bertz CT molecular complexity index is 685. The van der Waals surface area contributed by atoms with Crippen molar-refractivity contribution in [3.63, 3.8) is 0 Å². The van der Waals surface area contributed by atoms with Gasteiger partial charge in [-0.15, -0.1) is 10.2 Å². The molecule has 0 bridgehead atoms. The van der Waals surface area contributed by atoms with Gasteiger partial charge in [-0.25, -0.2) is 0 Å².